The molecule has 242 valence electrons. The van der Waals surface area contributed by atoms with Crippen LogP contribution in [0.15, 0.2) is 17.0 Å². The summed E-state index contributed by atoms with van der Waals surface area (Å²) in [7, 11) is 1.55. The molecule has 43 heavy (non-hydrogen) atoms. The Morgan fingerprint density at radius 2 is 1.88 bits per heavy atom. The van der Waals surface area contributed by atoms with Crippen molar-refractivity contribution >= 4 is 35.4 Å². The Morgan fingerprint density at radius 1 is 1.21 bits per heavy atom. The molecule has 0 aromatic heterocycles. The van der Waals surface area contributed by atoms with Crippen molar-refractivity contribution in [3.05, 3.63) is 23.3 Å². The van der Waals surface area contributed by atoms with E-state index in [-0.39, 0.29) is 23.7 Å². The molecule has 2 aliphatic rings. The van der Waals surface area contributed by atoms with Crippen molar-refractivity contribution in [2.24, 2.45) is 0 Å². The van der Waals surface area contributed by atoms with Crippen LogP contribution < -0.4 is 4.90 Å². The number of amides is 3. The third-order valence-electron chi connectivity index (χ3n) is 7.47. The SMILES string of the molecule is COCCCCN1C(=O)C(C)(CO)Sc2cc(C(F)(F)F)c(C(=O)N(C(C)C)[C@@H]3CCCN(C(=O)OC(C)(C)C)C3)cc21. The summed E-state index contributed by atoms with van der Waals surface area (Å²) in [6.45, 7) is 10.8. The number of benzene rings is 1. The van der Waals surface area contributed by atoms with E-state index in [0.717, 1.165) is 17.8 Å². The van der Waals surface area contributed by atoms with Crippen molar-refractivity contribution < 1.29 is 42.1 Å². The number of hydrogen-bond acceptors (Lipinski definition) is 7. The third kappa shape index (κ3) is 8.16. The number of anilines is 1. The van der Waals surface area contributed by atoms with Crippen LogP contribution in [0.2, 0.25) is 0 Å². The highest BCUT2D eigenvalue weighted by Gasteiger charge is 2.46. The van der Waals surface area contributed by atoms with E-state index >= 15 is 0 Å². The zero-order valence-corrected chi connectivity index (χ0v) is 26.9. The maximum atomic E-state index is 14.6. The van der Waals surface area contributed by atoms with Gasteiger partial charge in [-0.1, -0.05) is 0 Å². The second-order valence-corrected chi connectivity index (χ2v) is 14.1. The van der Waals surface area contributed by atoms with E-state index < -0.39 is 64.2 Å². The molecule has 0 spiro atoms. The van der Waals surface area contributed by atoms with Gasteiger partial charge in [0.1, 0.15) is 10.3 Å². The number of carbonyl (C=O) groups excluding carboxylic acids is 3. The van der Waals surface area contributed by atoms with Crippen LogP contribution in [0.1, 0.15) is 83.1 Å². The van der Waals surface area contributed by atoms with Gasteiger partial charge in [0.25, 0.3) is 5.91 Å². The molecule has 3 amide bonds. The van der Waals surface area contributed by atoms with Gasteiger partial charge in [-0.25, -0.2) is 4.79 Å². The molecule has 1 unspecified atom stereocenters. The normalized spacial score (nSPS) is 21.2. The molecule has 1 aromatic carbocycles. The number of alkyl halides is 3. The lowest BCUT2D eigenvalue weighted by atomic mass is 9.98. The summed E-state index contributed by atoms with van der Waals surface area (Å²) < 4.78 is 52.9. The first-order valence-electron chi connectivity index (χ1n) is 14.6. The van der Waals surface area contributed by atoms with Crippen molar-refractivity contribution in [1.29, 1.82) is 0 Å². The molecule has 2 aliphatic heterocycles. The number of hydrogen-bond donors (Lipinski definition) is 1. The minimum Gasteiger partial charge on any atom is -0.444 e. The first-order valence-corrected chi connectivity index (χ1v) is 15.4. The topological polar surface area (TPSA) is 99.6 Å². The predicted octanol–water partition coefficient (Wildman–Crippen LogP) is 5.57. The molecule has 0 saturated carbocycles. The number of rotatable bonds is 9. The largest absolute Gasteiger partial charge is 0.444 e. The Labute approximate surface area is 256 Å². The van der Waals surface area contributed by atoms with E-state index in [0.29, 0.717) is 38.8 Å². The number of aliphatic hydroxyl groups is 1. The van der Waals surface area contributed by atoms with E-state index in [2.05, 4.69) is 0 Å². The Bertz CT molecular complexity index is 1190. The number of carbonyl (C=O) groups is 3. The number of aliphatic hydroxyl groups excluding tert-OH is 1. The second kappa shape index (κ2) is 13.6. The van der Waals surface area contributed by atoms with Crippen LogP contribution in [-0.4, -0.2) is 95.2 Å². The van der Waals surface area contributed by atoms with Crippen LogP contribution in [0.5, 0.6) is 0 Å². The van der Waals surface area contributed by atoms with E-state index in [1.165, 1.54) is 27.7 Å². The second-order valence-electron chi connectivity index (χ2n) is 12.5. The molecule has 0 aliphatic carbocycles. The van der Waals surface area contributed by atoms with Crippen molar-refractivity contribution in [3.63, 3.8) is 0 Å². The van der Waals surface area contributed by atoms with E-state index in [9.17, 15) is 32.7 Å². The van der Waals surface area contributed by atoms with Crippen LogP contribution in [-0.2, 0) is 20.4 Å². The number of unbranched alkanes of at least 4 members (excludes halogenated alkanes) is 1. The molecule has 0 bridgehead atoms. The molecular formula is C30H44F3N3O6S. The number of methoxy groups -OCH3 is 1. The maximum absolute atomic E-state index is 14.6. The summed E-state index contributed by atoms with van der Waals surface area (Å²) in [5, 5.41) is 10.0. The fourth-order valence-electron chi connectivity index (χ4n) is 5.43. The molecule has 2 heterocycles. The monoisotopic (exact) mass is 631 g/mol. The lowest BCUT2D eigenvalue weighted by Crippen LogP contribution is -2.54. The minimum absolute atomic E-state index is 0.125. The molecule has 1 aromatic rings. The van der Waals surface area contributed by atoms with Crippen LogP contribution in [0.4, 0.5) is 23.7 Å². The fourth-order valence-corrected chi connectivity index (χ4v) is 6.63. The number of thioether (sulfide) groups is 1. The fraction of sp³-hybridized carbons (Fsp3) is 0.700. The highest BCUT2D eigenvalue weighted by atomic mass is 32.2. The molecule has 2 atom stereocenters. The van der Waals surface area contributed by atoms with Gasteiger partial charge in [-0.3, -0.25) is 9.59 Å². The van der Waals surface area contributed by atoms with Crippen LogP contribution >= 0.6 is 11.8 Å². The number of nitrogens with zero attached hydrogens (tertiary/aromatic N) is 3. The zero-order chi connectivity index (χ0) is 32.3. The molecule has 3 rings (SSSR count). The van der Waals surface area contributed by atoms with Crippen molar-refractivity contribution in [2.45, 2.75) is 101 Å². The van der Waals surface area contributed by atoms with Gasteiger partial charge in [0.2, 0.25) is 5.91 Å². The number of fused-ring (bicyclic) bond motifs is 1. The van der Waals surface area contributed by atoms with Gasteiger partial charge in [0.05, 0.1) is 29.5 Å². The smallest absolute Gasteiger partial charge is 0.417 e. The van der Waals surface area contributed by atoms with Gasteiger partial charge in [0, 0.05) is 44.3 Å². The van der Waals surface area contributed by atoms with Gasteiger partial charge in [-0.2, -0.15) is 13.2 Å². The average molecular weight is 632 g/mol. The standard InChI is InChI=1S/C30H44F3N3O6S/c1-19(2)36(20-11-10-12-34(17-20)27(40)42-28(3,4)5)25(38)21-15-23-24(16-22(21)30(31,32)33)43-29(6,18-37)26(39)35(23)13-8-9-14-41-7/h15-16,19-20,37H,8-14,17-18H2,1-7H3/t20-,29?/m1/s1. The average Bonchev–Trinajstić information content (AvgIpc) is 2.91. The number of piperidine rings is 1. The Hall–Kier alpha value is -2.51. The van der Waals surface area contributed by atoms with Crippen molar-refractivity contribution in [1.82, 2.24) is 9.80 Å². The molecule has 9 nitrogen and oxygen atoms in total. The van der Waals surface area contributed by atoms with Gasteiger partial charge in [-0.05, 0) is 79.4 Å². The highest BCUT2D eigenvalue weighted by molar-refractivity contribution is 8.01. The van der Waals surface area contributed by atoms with Crippen LogP contribution in [0.25, 0.3) is 0 Å². The molecule has 13 heteroatoms. The Balaban J connectivity index is 2.07. The molecule has 1 saturated heterocycles. The first kappa shape index (κ1) is 35.0. The van der Waals surface area contributed by atoms with Gasteiger partial charge in [0.15, 0.2) is 0 Å². The molecule has 1 fully saturated rings. The van der Waals surface area contributed by atoms with Gasteiger partial charge < -0.3 is 29.3 Å². The first-order chi connectivity index (χ1) is 19.9. The van der Waals surface area contributed by atoms with Gasteiger partial charge >= 0.3 is 12.3 Å². The van der Waals surface area contributed by atoms with E-state index in [1.54, 1.807) is 41.7 Å². The summed E-state index contributed by atoms with van der Waals surface area (Å²) in [6.07, 6.45) is -3.22. The molecule has 0 radical (unpaired) electrons. The summed E-state index contributed by atoms with van der Waals surface area (Å²) in [4.78, 5) is 44.9. The van der Waals surface area contributed by atoms with Crippen LogP contribution in [0.3, 0.4) is 0 Å². The lowest BCUT2D eigenvalue weighted by Gasteiger charge is -2.42. The Morgan fingerprint density at radius 3 is 2.44 bits per heavy atom. The Kier molecular flexibility index (Phi) is 11.1. The van der Waals surface area contributed by atoms with E-state index in [1.807, 2.05) is 0 Å². The third-order valence-corrected chi connectivity index (χ3v) is 8.77. The molecule has 1 N–H and O–H groups in total. The van der Waals surface area contributed by atoms with Crippen molar-refractivity contribution in [3.8, 4) is 0 Å². The number of halogens is 3. The predicted molar refractivity (Wildman–Crippen MR) is 158 cm³/mol. The lowest BCUT2D eigenvalue weighted by molar-refractivity contribution is -0.138. The zero-order valence-electron chi connectivity index (χ0n) is 26.0. The minimum atomic E-state index is -4.86. The van der Waals surface area contributed by atoms with Crippen molar-refractivity contribution in [2.75, 3.05) is 44.9 Å². The highest BCUT2D eigenvalue weighted by Crippen LogP contribution is 2.48. The maximum Gasteiger partial charge on any atom is 0.417 e. The van der Waals surface area contributed by atoms with E-state index in [4.69, 9.17) is 9.47 Å². The summed E-state index contributed by atoms with van der Waals surface area (Å²) >= 11 is 0.867. The van der Waals surface area contributed by atoms with Gasteiger partial charge in [-0.15, -0.1) is 11.8 Å². The number of ether oxygens (including phenoxy) is 2. The summed E-state index contributed by atoms with van der Waals surface area (Å²) in [5.74, 6) is -1.27. The number of likely N-dealkylation sites (tertiary alicyclic amines) is 1. The quantitative estimate of drug-likeness (QED) is 0.356. The van der Waals surface area contributed by atoms with Crippen LogP contribution in [0, 0.1) is 0 Å². The summed E-state index contributed by atoms with van der Waals surface area (Å²) in [5.41, 5.74) is -2.18. The molecular weight excluding hydrogens is 587 g/mol. The summed E-state index contributed by atoms with van der Waals surface area (Å²) in [6, 6.07) is 1.07.